The fourth-order valence-electron chi connectivity index (χ4n) is 13.9. The number of carboxylic acid groups (broad SMARTS) is 1. The summed E-state index contributed by atoms with van der Waals surface area (Å²) in [4.78, 5) is 94.4. The van der Waals surface area contributed by atoms with Crippen molar-refractivity contribution in [3.05, 3.63) is 238 Å². The molecule has 0 radical (unpaired) electrons. The highest BCUT2D eigenvalue weighted by Crippen LogP contribution is 2.46. The zero-order valence-corrected chi connectivity index (χ0v) is 84.5. The second-order valence-electron chi connectivity index (χ2n) is 34.8. The van der Waals surface area contributed by atoms with Crippen LogP contribution < -0.4 is 21.3 Å². The summed E-state index contributed by atoms with van der Waals surface area (Å²) >= 11 is 1.68. The first-order valence-electron chi connectivity index (χ1n) is 44.6. The van der Waals surface area contributed by atoms with Gasteiger partial charge in [-0.25, -0.2) is 43.9 Å². The number of aromatic amines is 2. The summed E-state index contributed by atoms with van der Waals surface area (Å²) in [6, 6.07) is 61.7. The molecule has 38 heteroatoms. The number of aromatic nitrogens is 6. The number of alkyl carbamates (subject to hydrolysis) is 4. The Morgan fingerprint density at radius 3 is 1.10 bits per heavy atom. The number of H-pyrrole nitrogens is 2. The van der Waals surface area contributed by atoms with Crippen LogP contribution in [0.25, 0.3) is 43.4 Å². The molecule has 135 heavy (non-hydrogen) atoms. The SMILES string of the molecule is CC(C)(COC(=O)NCc1cccc(CN2CCOCC2)c1)SSc1nc2ccc(C(=O)O)cc2[nH]1.CC(C)(COC(=O)NCc1cccc(CN2CCOCC2)c1)SSc1nc2ccccc2[nH]1.CC(C)(COC(=O)NCc1cccc(CN2CCOCC2)c1)SSc1nc2ccccc2o1.CC(C)(COC(=O)NCc1cccc(CN2CCOCC2)c1)SSc1nc2ccccc2s1. The third kappa shape index (κ3) is 36.1. The Labute approximate surface area is 823 Å². The number of fused-ring (bicyclic) bond motifs is 4. The first kappa shape index (κ1) is 103. The molecule has 4 amide bonds. The quantitative estimate of drug-likeness (QED) is 0.0140. The molecule has 0 aliphatic carbocycles. The highest BCUT2D eigenvalue weighted by atomic mass is 33.1. The van der Waals surface area contributed by atoms with E-state index in [-0.39, 0.29) is 37.8 Å². The Kier molecular flexibility index (Phi) is 40.0. The van der Waals surface area contributed by atoms with E-state index in [9.17, 15) is 24.0 Å². The Hall–Kier alpha value is -8.91. The number of carbonyl (C=O) groups excluding carboxylic acids is 4. The smallest absolute Gasteiger partial charge is 0.407 e. The van der Waals surface area contributed by atoms with E-state index in [0.29, 0.717) is 60.8 Å². The number of carbonyl (C=O) groups is 5. The van der Waals surface area contributed by atoms with Gasteiger partial charge in [-0.15, -0.1) is 11.3 Å². The maximum atomic E-state index is 12.3. The maximum Gasteiger partial charge on any atom is 0.407 e. The van der Waals surface area contributed by atoms with Crippen molar-refractivity contribution in [2.75, 3.05) is 132 Å². The van der Waals surface area contributed by atoms with Gasteiger partial charge >= 0.3 is 30.3 Å². The molecule has 720 valence electrons. The first-order valence-corrected chi connectivity index (χ1v) is 54.1. The number of carboxylic acids is 1. The van der Waals surface area contributed by atoms with Crippen LogP contribution in [0.4, 0.5) is 19.2 Å². The second-order valence-corrected chi connectivity index (χ2v) is 47.3. The van der Waals surface area contributed by atoms with Gasteiger partial charge in [-0.1, -0.05) is 177 Å². The fraction of sp³-hybridized carbons (Fsp3) is 0.412. The van der Waals surface area contributed by atoms with Gasteiger partial charge in [0, 0.05) is 116 Å². The summed E-state index contributed by atoms with van der Waals surface area (Å²) < 4.78 is 50.3. The van der Waals surface area contributed by atoms with Gasteiger partial charge in [0.25, 0.3) is 5.22 Å². The van der Waals surface area contributed by atoms with E-state index >= 15 is 0 Å². The number of nitrogens with one attached hydrogen (secondary N) is 6. The summed E-state index contributed by atoms with van der Waals surface area (Å²) in [6.45, 7) is 36.5. The topological polar surface area (TPSA) is 337 Å². The number of nitrogens with zero attached hydrogens (tertiary/aromatic N) is 8. The molecule has 0 saturated carbocycles. The predicted octanol–water partition coefficient (Wildman–Crippen LogP) is 20.1. The predicted molar refractivity (Wildman–Crippen MR) is 546 cm³/mol. The van der Waals surface area contributed by atoms with Crippen LogP contribution in [-0.2, 0) is 90.3 Å². The van der Waals surface area contributed by atoms with Crippen molar-refractivity contribution in [2.24, 2.45) is 0 Å². The minimum absolute atomic E-state index is 0.207. The summed E-state index contributed by atoms with van der Waals surface area (Å²) in [5, 5.41) is 22.7. The van der Waals surface area contributed by atoms with Crippen LogP contribution in [0.1, 0.15) is 110 Å². The van der Waals surface area contributed by atoms with Gasteiger partial charge in [0.05, 0.1) is 110 Å². The molecular formula is C97H118N14O15S9. The van der Waals surface area contributed by atoms with Crippen LogP contribution in [0.5, 0.6) is 0 Å². The lowest BCUT2D eigenvalue weighted by Crippen LogP contribution is -2.35. The molecule has 4 aromatic heterocycles. The minimum atomic E-state index is -0.979. The number of morpholine rings is 4. The number of hydrogen-bond donors (Lipinski definition) is 7. The lowest BCUT2D eigenvalue weighted by molar-refractivity contribution is 0.0341. The third-order valence-electron chi connectivity index (χ3n) is 20.9. The Bertz CT molecular complexity index is 5300. The van der Waals surface area contributed by atoms with E-state index in [2.05, 4.69) is 153 Å². The molecule has 8 heterocycles. The normalized spacial score (nSPS) is 14.9. The zero-order valence-electron chi connectivity index (χ0n) is 77.1. The standard InChI is InChI=1S/C25H30N4O5S2.C24H30N4O3S2.C24H29N3O4S2.C24H29N3O3S3/c1-25(2,36-35-23-27-20-7-6-19(22(30)31)13-21(20)28-23)16-34-24(32)26-14-17-4-3-5-18(12-17)15-29-8-10-33-11-9-29;1-24(2,33-32-22-26-20-8-3-4-9-21(20)27-22)17-31-23(29)25-15-18-6-5-7-19(14-18)16-28-10-12-30-13-11-28;2*1-24(2,33-32-23-26-20-8-3-4-9-21(20)31-23)17-30-22(28)25-15-18-6-5-7-19(14-18)16-27-10-12-29-13-11-27/h3-7,12-13H,8-11,14-16H2,1-2H3,(H,26,32)(H,27,28)(H,30,31);3-9,14H,10-13,15-17H2,1-2H3,(H,25,29)(H,26,27);2*3-9,14H,10-13,15-17H2,1-2H3,(H,25,28). The van der Waals surface area contributed by atoms with Crippen molar-refractivity contribution < 1.29 is 71.4 Å². The molecule has 4 saturated heterocycles. The number of aromatic carboxylic acids is 1. The number of hydrogen-bond acceptors (Lipinski definition) is 31. The van der Waals surface area contributed by atoms with Crippen molar-refractivity contribution in [1.29, 1.82) is 0 Å². The molecule has 4 fully saturated rings. The Balaban J connectivity index is 0.000000153. The summed E-state index contributed by atoms with van der Waals surface area (Å²) in [5.41, 5.74) is 15.3. The number of rotatable bonds is 37. The van der Waals surface area contributed by atoms with Gasteiger partial charge in [-0.2, -0.15) is 0 Å². The number of oxazole rings is 1. The van der Waals surface area contributed by atoms with E-state index in [1.807, 2.05) is 143 Å². The number of thiazole rings is 1. The summed E-state index contributed by atoms with van der Waals surface area (Å²) in [6.07, 6.45) is -1.69. The van der Waals surface area contributed by atoms with Crippen LogP contribution in [0.2, 0.25) is 0 Å². The number of para-hydroxylation sites is 5. The fourth-order valence-corrected chi connectivity index (χ4v) is 23.2. The molecule has 0 bridgehead atoms. The minimum Gasteiger partial charge on any atom is -0.478 e. The van der Waals surface area contributed by atoms with Crippen LogP contribution in [0, 0.1) is 0 Å². The van der Waals surface area contributed by atoms with E-state index in [0.717, 1.165) is 191 Å². The van der Waals surface area contributed by atoms with Gasteiger partial charge in [-0.05, 0) is 187 Å². The highest BCUT2D eigenvalue weighted by Gasteiger charge is 2.29. The van der Waals surface area contributed by atoms with E-state index in [1.165, 1.54) is 65.4 Å². The molecular weight excluding hydrogens is 1890 g/mol. The average molecular weight is 2010 g/mol. The molecule has 0 spiro atoms. The van der Waals surface area contributed by atoms with Crippen molar-refractivity contribution in [2.45, 2.75) is 147 Å². The van der Waals surface area contributed by atoms with Gasteiger partial charge in [0.1, 0.15) is 31.9 Å². The van der Waals surface area contributed by atoms with Crippen molar-refractivity contribution in [3.63, 3.8) is 0 Å². The molecule has 7 N–H and O–H groups in total. The van der Waals surface area contributed by atoms with E-state index in [4.69, 9.17) is 47.4 Å². The lowest BCUT2D eigenvalue weighted by atomic mass is 10.1. The molecule has 0 atom stereocenters. The number of imidazole rings is 2. The molecule has 4 aliphatic heterocycles. The van der Waals surface area contributed by atoms with Crippen molar-refractivity contribution in [1.82, 2.24) is 70.8 Å². The first-order chi connectivity index (χ1) is 65.2. The number of amides is 4. The van der Waals surface area contributed by atoms with Crippen molar-refractivity contribution >= 4 is 171 Å². The van der Waals surface area contributed by atoms with Crippen LogP contribution in [0.15, 0.2) is 212 Å². The molecule has 12 aromatic rings. The molecule has 29 nitrogen and oxygen atoms in total. The maximum absolute atomic E-state index is 12.3. The molecule has 8 aromatic carbocycles. The van der Waals surface area contributed by atoms with E-state index < -0.39 is 30.3 Å². The van der Waals surface area contributed by atoms with Crippen LogP contribution >= 0.6 is 97.7 Å². The Morgan fingerprint density at radius 2 is 0.711 bits per heavy atom. The third-order valence-corrected chi connectivity index (χ3v) is 34.7. The van der Waals surface area contributed by atoms with Crippen molar-refractivity contribution in [3.8, 4) is 0 Å². The number of ether oxygens (including phenoxy) is 8. The number of benzene rings is 8. The summed E-state index contributed by atoms with van der Waals surface area (Å²) in [7, 11) is 12.4. The molecule has 16 rings (SSSR count). The van der Waals surface area contributed by atoms with Gasteiger partial charge in [0.2, 0.25) is 0 Å². The van der Waals surface area contributed by atoms with E-state index in [1.54, 1.807) is 77.4 Å². The van der Waals surface area contributed by atoms with Crippen LogP contribution in [0.3, 0.4) is 0 Å². The largest absolute Gasteiger partial charge is 0.478 e. The monoisotopic (exact) mass is 2010 g/mol. The van der Waals surface area contributed by atoms with Gasteiger partial charge in [0.15, 0.2) is 20.2 Å². The molecule has 0 unspecified atom stereocenters. The summed E-state index contributed by atoms with van der Waals surface area (Å²) in [5.74, 6) is -0.979. The zero-order chi connectivity index (χ0) is 94.8. The second kappa shape index (κ2) is 52.2. The van der Waals surface area contributed by atoms with Gasteiger partial charge < -0.3 is 78.7 Å². The lowest BCUT2D eigenvalue weighted by Gasteiger charge is -2.26. The average Bonchev–Trinajstić information content (AvgIpc) is 1.68. The molecule has 4 aliphatic rings. The van der Waals surface area contributed by atoms with Crippen LogP contribution in [-0.4, -0.2) is 236 Å². The van der Waals surface area contributed by atoms with Gasteiger partial charge in [-0.3, -0.25) is 19.6 Å². The Morgan fingerprint density at radius 1 is 0.370 bits per heavy atom. The highest BCUT2D eigenvalue weighted by molar-refractivity contribution is 8.78.